The molecule has 0 aromatic heterocycles. The molecule has 2 rings (SSSR count). The van der Waals surface area contributed by atoms with Crippen molar-refractivity contribution >= 4 is 10.0 Å². The van der Waals surface area contributed by atoms with Gasteiger partial charge >= 0.3 is 0 Å². The maximum absolute atomic E-state index is 12.2. The topological polar surface area (TPSA) is 66.4 Å². The monoisotopic (exact) mass is 291 g/mol. The Balaban J connectivity index is 2.19. The maximum atomic E-state index is 12.2. The Morgan fingerprint density at radius 1 is 1.10 bits per heavy atom. The lowest BCUT2D eigenvalue weighted by Gasteiger charge is -2.10. The van der Waals surface area contributed by atoms with Crippen LogP contribution in [0, 0.1) is 13.8 Å². The van der Waals surface area contributed by atoms with Gasteiger partial charge < -0.3 is 5.11 Å². The van der Waals surface area contributed by atoms with Crippen molar-refractivity contribution in [2.24, 2.45) is 0 Å². The van der Waals surface area contributed by atoms with Gasteiger partial charge in [0, 0.05) is 6.54 Å². The van der Waals surface area contributed by atoms with Crippen LogP contribution >= 0.6 is 0 Å². The van der Waals surface area contributed by atoms with E-state index in [-0.39, 0.29) is 17.2 Å². The number of sulfonamides is 1. The highest BCUT2D eigenvalue weighted by molar-refractivity contribution is 7.89. The van der Waals surface area contributed by atoms with Gasteiger partial charge in [0.1, 0.15) is 5.75 Å². The first-order chi connectivity index (χ1) is 9.38. The number of phenolic OH excluding ortho intramolecular Hbond substituents is 1. The molecular formula is C15H17NO3S. The Kier molecular flexibility index (Phi) is 4.11. The molecule has 0 bridgehead atoms. The van der Waals surface area contributed by atoms with E-state index in [1.165, 1.54) is 6.07 Å². The van der Waals surface area contributed by atoms with Crippen molar-refractivity contribution in [2.45, 2.75) is 25.3 Å². The molecule has 20 heavy (non-hydrogen) atoms. The SMILES string of the molecule is Cc1ccc(S(=O)(=O)NCc2cccc(O)c2)c(C)c1. The van der Waals surface area contributed by atoms with Crippen molar-refractivity contribution in [3.8, 4) is 5.75 Å². The molecule has 0 heterocycles. The standard InChI is InChI=1S/C15H17NO3S/c1-11-6-7-15(12(2)8-11)20(18,19)16-10-13-4-3-5-14(17)9-13/h3-9,16-17H,10H2,1-2H3. The van der Waals surface area contributed by atoms with Gasteiger partial charge in [-0.15, -0.1) is 0 Å². The van der Waals surface area contributed by atoms with Crippen molar-refractivity contribution in [2.75, 3.05) is 0 Å². The number of benzene rings is 2. The molecule has 0 spiro atoms. The molecule has 0 radical (unpaired) electrons. The Bertz CT molecular complexity index is 724. The van der Waals surface area contributed by atoms with Crippen molar-refractivity contribution in [1.82, 2.24) is 4.72 Å². The number of rotatable bonds is 4. The van der Waals surface area contributed by atoms with Crippen LogP contribution in [-0.2, 0) is 16.6 Å². The normalized spacial score (nSPS) is 11.5. The Hall–Kier alpha value is -1.85. The van der Waals surface area contributed by atoms with Crippen LogP contribution in [0.5, 0.6) is 5.75 Å². The van der Waals surface area contributed by atoms with Crippen LogP contribution in [0.3, 0.4) is 0 Å². The first-order valence-corrected chi connectivity index (χ1v) is 7.71. The van der Waals surface area contributed by atoms with Crippen LogP contribution in [-0.4, -0.2) is 13.5 Å². The molecule has 0 aliphatic rings. The molecule has 0 amide bonds. The minimum Gasteiger partial charge on any atom is -0.508 e. The second-order valence-corrected chi connectivity index (χ2v) is 6.50. The summed E-state index contributed by atoms with van der Waals surface area (Å²) in [6.07, 6.45) is 0. The fourth-order valence-electron chi connectivity index (χ4n) is 2.02. The average Bonchev–Trinajstić information content (AvgIpc) is 2.36. The third-order valence-corrected chi connectivity index (χ3v) is 4.56. The van der Waals surface area contributed by atoms with E-state index in [9.17, 15) is 13.5 Å². The summed E-state index contributed by atoms with van der Waals surface area (Å²) in [7, 11) is -3.55. The lowest BCUT2D eigenvalue weighted by molar-refractivity contribution is 0.474. The molecule has 0 aliphatic carbocycles. The quantitative estimate of drug-likeness (QED) is 0.909. The van der Waals surface area contributed by atoms with E-state index in [0.29, 0.717) is 11.1 Å². The first kappa shape index (κ1) is 14.6. The summed E-state index contributed by atoms with van der Waals surface area (Å²) in [4.78, 5) is 0.281. The van der Waals surface area contributed by atoms with Crippen molar-refractivity contribution in [3.05, 3.63) is 59.2 Å². The average molecular weight is 291 g/mol. The van der Waals surface area contributed by atoms with Gasteiger partial charge in [0.2, 0.25) is 10.0 Å². The van der Waals surface area contributed by atoms with Gasteiger partial charge in [-0.3, -0.25) is 0 Å². The van der Waals surface area contributed by atoms with Gasteiger partial charge in [0.05, 0.1) is 4.90 Å². The number of hydrogen-bond donors (Lipinski definition) is 2. The molecule has 0 saturated heterocycles. The molecule has 4 nitrogen and oxygen atoms in total. The number of nitrogens with one attached hydrogen (secondary N) is 1. The third-order valence-electron chi connectivity index (χ3n) is 3.00. The second kappa shape index (κ2) is 5.64. The van der Waals surface area contributed by atoms with Crippen molar-refractivity contribution in [3.63, 3.8) is 0 Å². The molecule has 2 aromatic carbocycles. The molecule has 0 fully saturated rings. The van der Waals surface area contributed by atoms with Gasteiger partial charge in [-0.25, -0.2) is 13.1 Å². The maximum Gasteiger partial charge on any atom is 0.241 e. The Labute approximate surface area is 119 Å². The van der Waals surface area contributed by atoms with Crippen LogP contribution in [0.1, 0.15) is 16.7 Å². The first-order valence-electron chi connectivity index (χ1n) is 6.23. The molecule has 5 heteroatoms. The van der Waals surface area contributed by atoms with Crippen LogP contribution in [0.2, 0.25) is 0 Å². The summed E-state index contributed by atoms with van der Waals surface area (Å²) >= 11 is 0. The van der Waals surface area contributed by atoms with E-state index < -0.39 is 10.0 Å². The summed E-state index contributed by atoms with van der Waals surface area (Å²) in [5, 5.41) is 9.36. The Morgan fingerprint density at radius 2 is 1.85 bits per heavy atom. The lowest BCUT2D eigenvalue weighted by Crippen LogP contribution is -2.24. The van der Waals surface area contributed by atoms with Gasteiger partial charge in [-0.05, 0) is 43.2 Å². The van der Waals surface area contributed by atoms with Crippen LogP contribution in [0.4, 0.5) is 0 Å². The summed E-state index contributed by atoms with van der Waals surface area (Å²) in [6.45, 7) is 3.84. The van der Waals surface area contributed by atoms with E-state index >= 15 is 0 Å². The predicted octanol–water partition coefficient (Wildman–Crippen LogP) is 2.49. The van der Waals surface area contributed by atoms with Gasteiger partial charge in [0.15, 0.2) is 0 Å². The zero-order valence-electron chi connectivity index (χ0n) is 11.4. The number of aromatic hydroxyl groups is 1. The molecule has 106 valence electrons. The molecule has 0 saturated carbocycles. The molecule has 2 aromatic rings. The molecule has 0 atom stereocenters. The van der Waals surface area contributed by atoms with E-state index in [1.807, 2.05) is 13.0 Å². The summed E-state index contributed by atoms with van der Waals surface area (Å²) in [6, 6.07) is 11.7. The van der Waals surface area contributed by atoms with Gasteiger partial charge in [0.25, 0.3) is 0 Å². The minimum absolute atomic E-state index is 0.119. The summed E-state index contributed by atoms with van der Waals surface area (Å²) in [5.41, 5.74) is 2.45. The predicted molar refractivity (Wildman–Crippen MR) is 78.0 cm³/mol. The van der Waals surface area contributed by atoms with Crippen molar-refractivity contribution in [1.29, 1.82) is 0 Å². The highest BCUT2D eigenvalue weighted by Crippen LogP contribution is 2.17. The van der Waals surface area contributed by atoms with E-state index in [0.717, 1.165) is 5.56 Å². The van der Waals surface area contributed by atoms with Gasteiger partial charge in [-0.2, -0.15) is 0 Å². The van der Waals surface area contributed by atoms with Crippen LogP contribution in [0.25, 0.3) is 0 Å². The van der Waals surface area contributed by atoms with E-state index in [4.69, 9.17) is 0 Å². The minimum atomic E-state index is -3.55. The third kappa shape index (κ3) is 3.37. The number of phenols is 1. The zero-order chi connectivity index (χ0) is 14.8. The largest absolute Gasteiger partial charge is 0.508 e. The number of hydrogen-bond acceptors (Lipinski definition) is 3. The van der Waals surface area contributed by atoms with Crippen LogP contribution < -0.4 is 4.72 Å². The highest BCUT2D eigenvalue weighted by atomic mass is 32.2. The Morgan fingerprint density at radius 3 is 2.50 bits per heavy atom. The molecule has 2 N–H and O–H groups in total. The zero-order valence-corrected chi connectivity index (χ0v) is 12.2. The lowest BCUT2D eigenvalue weighted by atomic mass is 10.2. The molecule has 0 unspecified atom stereocenters. The summed E-state index contributed by atoms with van der Waals surface area (Å²) in [5.74, 6) is 0.119. The second-order valence-electron chi connectivity index (χ2n) is 4.76. The highest BCUT2D eigenvalue weighted by Gasteiger charge is 2.16. The molecular weight excluding hydrogens is 274 g/mol. The fourth-order valence-corrected chi connectivity index (χ4v) is 3.27. The summed E-state index contributed by atoms with van der Waals surface area (Å²) < 4.78 is 27.0. The van der Waals surface area contributed by atoms with Crippen molar-refractivity contribution < 1.29 is 13.5 Å². The fraction of sp³-hybridized carbons (Fsp3) is 0.200. The van der Waals surface area contributed by atoms with E-state index in [1.54, 1.807) is 37.3 Å². The smallest absolute Gasteiger partial charge is 0.241 e. The number of aryl methyl sites for hydroxylation is 2. The van der Waals surface area contributed by atoms with Gasteiger partial charge in [-0.1, -0.05) is 29.8 Å². The van der Waals surface area contributed by atoms with Crippen LogP contribution in [0.15, 0.2) is 47.4 Å². The molecule has 0 aliphatic heterocycles. The van der Waals surface area contributed by atoms with E-state index in [2.05, 4.69) is 4.72 Å².